The Morgan fingerprint density at radius 2 is 2.50 bits per heavy atom. The van der Waals surface area contributed by atoms with Crippen LogP contribution in [-0.2, 0) is 6.42 Å². The fourth-order valence-corrected chi connectivity index (χ4v) is 2.85. The number of hydrogen-bond acceptors (Lipinski definition) is 4. The van der Waals surface area contributed by atoms with E-state index < -0.39 is 0 Å². The summed E-state index contributed by atoms with van der Waals surface area (Å²) < 4.78 is 0. The Bertz CT molecular complexity index is 297. The first-order valence-electron chi connectivity index (χ1n) is 5.03. The molecule has 1 aliphatic heterocycles. The van der Waals surface area contributed by atoms with Crippen LogP contribution in [-0.4, -0.2) is 22.3 Å². The predicted molar refractivity (Wildman–Crippen MR) is 59.2 cm³/mol. The molecule has 3 nitrogen and oxygen atoms in total. The second kappa shape index (κ2) is 4.75. The van der Waals surface area contributed by atoms with E-state index >= 15 is 0 Å². The molecule has 2 rings (SSSR count). The van der Waals surface area contributed by atoms with Gasteiger partial charge in [0.15, 0.2) is 0 Å². The fourth-order valence-electron chi connectivity index (χ4n) is 1.64. The molecule has 1 saturated heterocycles. The van der Waals surface area contributed by atoms with Crippen molar-refractivity contribution in [2.75, 3.05) is 12.3 Å². The lowest BCUT2D eigenvalue weighted by molar-refractivity contribution is 0.761. The normalized spacial score (nSPS) is 21.4. The molecule has 1 fully saturated rings. The van der Waals surface area contributed by atoms with Crippen LogP contribution in [0.5, 0.6) is 0 Å². The molecule has 0 amide bonds. The summed E-state index contributed by atoms with van der Waals surface area (Å²) in [6.45, 7) is 0.661. The molecule has 4 heteroatoms. The average molecular weight is 209 g/mol. The fraction of sp³-hybridized carbons (Fsp3) is 0.600. The first-order valence-corrected chi connectivity index (χ1v) is 6.08. The molecule has 1 unspecified atom stereocenters. The lowest BCUT2D eigenvalue weighted by Gasteiger charge is -2.07. The van der Waals surface area contributed by atoms with Gasteiger partial charge in [-0.05, 0) is 31.2 Å². The van der Waals surface area contributed by atoms with Crippen LogP contribution in [0.4, 0.5) is 0 Å². The van der Waals surface area contributed by atoms with E-state index in [2.05, 4.69) is 9.97 Å². The van der Waals surface area contributed by atoms with Gasteiger partial charge in [-0.15, -0.1) is 0 Å². The highest BCUT2D eigenvalue weighted by Gasteiger charge is 2.20. The summed E-state index contributed by atoms with van der Waals surface area (Å²) in [5.41, 5.74) is 6.57. The summed E-state index contributed by atoms with van der Waals surface area (Å²) in [5, 5.41) is 0.521. The summed E-state index contributed by atoms with van der Waals surface area (Å²) in [7, 11) is 0. The second-order valence-electron chi connectivity index (χ2n) is 3.45. The van der Waals surface area contributed by atoms with Crippen LogP contribution < -0.4 is 5.73 Å². The highest BCUT2D eigenvalue weighted by atomic mass is 32.2. The smallest absolute Gasteiger partial charge is 0.141 e. The molecule has 2 N–H and O–H groups in total. The second-order valence-corrected chi connectivity index (χ2v) is 4.76. The van der Waals surface area contributed by atoms with Crippen LogP contribution in [0.3, 0.4) is 0 Å². The van der Waals surface area contributed by atoms with E-state index in [0.29, 0.717) is 11.8 Å². The summed E-state index contributed by atoms with van der Waals surface area (Å²) in [4.78, 5) is 8.86. The number of hydrogen-bond donors (Lipinski definition) is 1. The lowest BCUT2D eigenvalue weighted by Crippen LogP contribution is -2.07. The van der Waals surface area contributed by atoms with Crippen LogP contribution in [0.1, 0.15) is 29.6 Å². The predicted octanol–water partition coefficient (Wildman–Crippen LogP) is 1.55. The van der Waals surface area contributed by atoms with Crippen LogP contribution >= 0.6 is 11.8 Å². The Kier molecular flexibility index (Phi) is 3.37. The van der Waals surface area contributed by atoms with Crippen molar-refractivity contribution in [1.29, 1.82) is 0 Å². The van der Waals surface area contributed by atoms with E-state index in [9.17, 15) is 0 Å². The number of thioether (sulfide) groups is 1. The first-order chi connectivity index (χ1) is 6.90. The van der Waals surface area contributed by atoms with Gasteiger partial charge in [-0.1, -0.05) is 0 Å². The van der Waals surface area contributed by atoms with Crippen molar-refractivity contribution in [3.8, 4) is 0 Å². The van der Waals surface area contributed by atoms with E-state index in [1.165, 1.54) is 18.6 Å². The lowest BCUT2D eigenvalue weighted by atomic mass is 10.2. The number of nitrogens with two attached hydrogens (primary N) is 1. The monoisotopic (exact) mass is 209 g/mol. The van der Waals surface area contributed by atoms with E-state index in [1.807, 2.05) is 24.0 Å². The van der Waals surface area contributed by atoms with Crippen molar-refractivity contribution >= 4 is 11.8 Å². The topological polar surface area (TPSA) is 51.8 Å². The van der Waals surface area contributed by atoms with Gasteiger partial charge < -0.3 is 5.73 Å². The average Bonchev–Trinajstić information content (AvgIpc) is 2.71. The summed E-state index contributed by atoms with van der Waals surface area (Å²) in [6, 6.07) is 1.95. The number of nitrogens with zero attached hydrogens (tertiary/aromatic N) is 2. The molecule has 0 spiro atoms. The van der Waals surface area contributed by atoms with E-state index in [-0.39, 0.29) is 0 Å². The Morgan fingerprint density at radius 3 is 3.21 bits per heavy atom. The van der Waals surface area contributed by atoms with Gasteiger partial charge in [0, 0.05) is 18.3 Å². The van der Waals surface area contributed by atoms with E-state index in [4.69, 9.17) is 5.73 Å². The maximum absolute atomic E-state index is 5.50. The minimum atomic E-state index is 0.521. The third-order valence-electron chi connectivity index (χ3n) is 2.35. The highest BCUT2D eigenvalue weighted by Crippen LogP contribution is 2.37. The third kappa shape index (κ3) is 2.25. The van der Waals surface area contributed by atoms with Crippen molar-refractivity contribution in [2.24, 2.45) is 5.73 Å². The molecule has 0 saturated carbocycles. The standard InChI is InChI=1S/C10H15N3S/c11-5-3-8-4-6-12-10(13-8)9-2-1-7-14-9/h4,6,9H,1-3,5,7,11H2. The van der Waals surface area contributed by atoms with E-state index in [0.717, 1.165) is 17.9 Å². The van der Waals surface area contributed by atoms with Crippen molar-refractivity contribution in [3.05, 3.63) is 23.8 Å². The molecule has 2 heterocycles. The third-order valence-corrected chi connectivity index (χ3v) is 3.72. The van der Waals surface area contributed by atoms with Gasteiger partial charge in [0.25, 0.3) is 0 Å². The summed E-state index contributed by atoms with van der Waals surface area (Å²) in [5.74, 6) is 2.24. The van der Waals surface area contributed by atoms with Gasteiger partial charge in [-0.3, -0.25) is 0 Å². The largest absolute Gasteiger partial charge is 0.330 e. The molecule has 0 aromatic carbocycles. The highest BCUT2D eigenvalue weighted by molar-refractivity contribution is 7.99. The van der Waals surface area contributed by atoms with Crippen molar-refractivity contribution < 1.29 is 0 Å². The van der Waals surface area contributed by atoms with Gasteiger partial charge in [0.1, 0.15) is 5.82 Å². The Morgan fingerprint density at radius 1 is 1.57 bits per heavy atom. The number of rotatable bonds is 3. The van der Waals surface area contributed by atoms with E-state index in [1.54, 1.807) is 0 Å². The zero-order valence-corrected chi connectivity index (χ0v) is 8.96. The summed E-state index contributed by atoms with van der Waals surface area (Å²) >= 11 is 1.97. The minimum Gasteiger partial charge on any atom is -0.330 e. The molecule has 76 valence electrons. The molecule has 0 radical (unpaired) electrons. The van der Waals surface area contributed by atoms with Crippen LogP contribution in [0.25, 0.3) is 0 Å². The Hall–Kier alpha value is -0.610. The maximum Gasteiger partial charge on any atom is 0.141 e. The zero-order chi connectivity index (χ0) is 9.80. The van der Waals surface area contributed by atoms with Gasteiger partial charge in [-0.2, -0.15) is 11.8 Å². The Labute approximate surface area is 88.5 Å². The molecule has 14 heavy (non-hydrogen) atoms. The van der Waals surface area contributed by atoms with Crippen molar-refractivity contribution in [3.63, 3.8) is 0 Å². The Balaban J connectivity index is 2.12. The van der Waals surface area contributed by atoms with Crippen molar-refractivity contribution in [1.82, 2.24) is 9.97 Å². The molecule has 1 aromatic rings. The van der Waals surface area contributed by atoms with Crippen LogP contribution in [0, 0.1) is 0 Å². The minimum absolute atomic E-state index is 0.521. The van der Waals surface area contributed by atoms with Gasteiger partial charge in [0.2, 0.25) is 0 Å². The molecular formula is C10H15N3S. The van der Waals surface area contributed by atoms with Gasteiger partial charge in [0.05, 0.1) is 5.25 Å². The quantitative estimate of drug-likeness (QED) is 0.820. The maximum atomic E-state index is 5.50. The summed E-state index contributed by atoms with van der Waals surface area (Å²) in [6.07, 6.45) is 5.22. The van der Waals surface area contributed by atoms with Crippen molar-refractivity contribution in [2.45, 2.75) is 24.5 Å². The first kappa shape index (κ1) is 9.93. The van der Waals surface area contributed by atoms with Crippen LogP contribution in [0.15, 0.2) is 12.3 Å². The molecule has 1 atom stereocenters. The number of aromatic nitrogens is 2. The zero-order valence-electron chi connectivity index (χ0n) is 8.15. The molecule has 1 aromatic heterocycles. The molecular weight excluding hydrogens is 194 g/mol. The SMILES string of the molecule is NCCc1ccnc(C2CCCS2)n1. The molecule has 1 aliphatic rings. The van der Waals surface area contributed by atoms with Gasteiger partial charge in [-0.25, -0.2) is 9.97 Å². The van der Waals surface area contributed by atoms with Gasteiger partial charge >= 0.3 is 0 Å². The molecule has 0 aliphatic carbocycles. The molecule has 0 bridgehead atoms. The van der Waals surface area contributed by atoms with Crippen LogP contribution in [0.2, 0.25) is 0 Å².